The van der Waals surface area contributed by atoms with Crippen LogP contribution in [-0.2, 0) is 20.0 Å². The fourth-order valence-electron chi connectivity index (χ4n) is 6.71. The molecule has 1 heterocycles. The van der Waals surface area contributed by atoms with E-state index in [2.05, 4.69) is 5.32 Å². The van der Waals surface area contributed by atoms with Crippen LogP contribution < -0.4 is 5.32 Å². The molecule has 10 heteroatoms. The number of fused-ring (bicyclic) bond motifs is 3. The molecule has 198 valence electrons. The maximum Gasteiger partial charge on any atom is 0.259 e. The van der Waals surface area contributed by atoms with E-state index in [1.54, 1.807) is 31.1 Å². The second-order valence-electron chi connectivity index (χ2n) is 10.9. The first-order valence-electron chi connectivity index (χ1n) is 12.6. The number of rotatable bonds is 4. The number of aliphatic hydroxyl groups is 3. The lowest BCUT2D eigenvalue weighted by atomic mass is 9.56. The van der Waals surface area contributed by atoms with E-state index < -0.39 is 64.0 Å². The first kappa shape index (κ1) is 25.4. The van der Waals surface area contributed by atoms with Crippen LogP contribution in [0.3, 0.4) is 0 Å². The molecule has 0 radical (unpaired) electrons. The number of aromatic hydroxyl groups is 1. The summed E-state index contributed by atoms with van der Waals surface area (Å²) in [5.41, 5.74) is -1.99. The zero-order valence-corrected chi connectivity index (χ0v) is 21.2. The molecule has 1 aliphatic heterocycles. The van der Waals surface area contributed by atoms with Gasteiger partial charge in [-0.25, -0.2) is 0 Å². The maximum atomic E-state index is 13.9. The number of ketones is 2. The Labute approximate surface area is 214 Å². The molecule has 1 saturated heterocycles. The van der Waals surface area contributed by atoms with Crippen LogP contribution in [0.15, 0.2) is 35.1 Å². The molecule has 5 N–H and O–H groups in total. The van der Waals surface area contributed by atoms with Crippen LogP contribution in [0.4, 0.5) is 0 Å². The average molecular weight is 512 g/mol. The lowest BCUT2D eigenvalue weighted by molar-refractivity contribution is -0.140. The van der Waals surface area contributed by atoms with Gasteiger partial charge < -0.3 is 25.7 Å². The zero-order valence-electron chi connectivity index (χ0n) is 21.2. The molecule has 1 amide bonds. The molecule has 0 aromatic heterocycles. The number of phenols is 1. The Morgan fingerprint density at radius 2 is 1.81 bits per heavy atom. The number of likely N-dealkylation sites (tertiary alicyclic amines) is 1. The Morgan fingerprint density at radius 1 is 1.14 bits per heavy atom. The van der Waals surface area contributed by atoms with Gasteiger partial charge in [0.1, 0.15) is 22.8 Å². The molecule has 1 saturated carbocycles. The number of hydrogen-bond acceptors (Lipinski definition) is 9. The third-order valence-corrected chi connectivity index (χ3v) is 8.51. The SMILES string of the molecule is CN(C)[C@@H]1C(O)=C(C(=O)NCN2CCCC2)C(=O)C2C(=O)C3=C(O)c4c(O)cccc4[C@@](C)(O)C3CC21. The maximum absolute atomic E-state index is 13.9. The van der Waals surface area contributed by atoms with Gasteiger partial charge in [-0.15, -0.1) is 0 Å². The Kier molecular flexibility index (Phi) is 6.17. The number of aliphatic hydroxyl groups excluding tert-OH is 2. The van der Waals surface area contributed by atoms with Gasteiger partial charge in [0, 0.05) is 11.5 Å². The number of nitrogens with one attached hydrogen (secondary N) is 1. The summed E-state index contributed by atoms with van der Waals surface area (Å²) < 4.78 is 0. The van der Waals surface area contributed by atoms with Crippen LogP contribution in [-0.4, -0.2) is 87.6 Å². The first-order valence-corrected chi connectivity index (χ1v) is 12.6. The normalized spacial score (nSPS) is 31.9. The van der Waals surface area contributed by atoms with Crippen molar-refractivity contribution in [3.8, 4) is 5.75 Å². The Morgan fingerprint density at radius 3 is 2.46 bits per heavy atom. The second-order valence-corrected chi connectivity index (χ2v) is 10.9. The Hall–Kier alpha value is -3.21. The molecule has 0 bridgehead atoms. The topological polar surface area (TPSA) is 151 Å². The molecule has 5 rings (SSSR count). The molecular formula is C27H33N3O7. The van der Waals surface area contributed by atoms with Gasteiger partial charge in [-0.1, -0.05) is 12.1 Å². The van der Waals surface area contributed by atoms with Crippen molar-refractivity contribution in [3.63, 3.8) is 0 Å². The predicted octanol–water partition coefficient (Wildman–Crippen LogP) is 1.20. The predicted molar refractivity (Wildman–Crippen MR) is 133 cm³/mol. The van der Waals surface area contributed by atoms with Crippen LogP contribution in [0.2, 0.25) is 0 Å². The van der Waals surface area contributed by atoms with E-state index in [0.29, 0.717) is 0 Å². The van der Waals surface area contributed by atoms with Crippen molar-refractivity contribution in [1.82, 2.24) is 15.1 Å². The number of benzene rings is 1. The summed E-state index contributed by atoms with van der Waals surface area (Å²) >= 11 is 0. The molecule has 1 aromatic rings. The summed E-state index contributed by atoms with van der Waals surface area (Å²) in [6.45, 7) is 3.39. The Bertz CT molecular complexity index is 1240. The van der Waals surface area contributed by atoms with E-state index in [4.69, 9.17) is 0 Å². The van der Waals surface area contributed by atoms with E-state index in [1.165, 1.54) is 13.0 Å². The minimum absolute atomic E-state index is 0.0417. The largest absolute Gasteiger partial charge is 0.510 e. The van der Waals surface area contributed by atoms with E-state index in [9.17, 15) is 34.8 Å². The van der Waals surface area contributed by atoms with Crippen molar-refractivity contribution in [3.05, 3.63) is 46.2 Å². The third-order valence-electron chi connectivity index (χ3n) is 8.51. The highest BCUT2D eigenvalue weighted by Crippen LogP contribution is 2.55. The van der Waals surface area contributed by atoms with Crippen LogP contribution in [0.25, 0.3) is 5.76 Å². The van der Waals surface area contributed by atoms with E-state index in [1.807, 2.05) is 4.90 Å². The van der Waals surface area contributed by atoms with Gasteiger partial charge in [0.2, 0.25) is 0 Å². The van der Waals surface area contributed by atoms with Crippen molar-refractivity contribution in [2.24, 2.45) is 17.8 Å². The summed E-state index contributed by atoms with van der Waals surface area (Å²) in [4.78, 5) is 44.5. The monoisotopic (exact) mass is 511 g/mol. The van der Waals surface area contributed by atoms with Crippen LogP contribution >= 0.6 is 0 Å². The number of amides is 1. The number of carbonyl (C=O) groups is 3. The molecule has 10 nitrogen and oxygen atoms in total. The molecule has 2 fully saturated rings. The van der Waals surface area contributed by atoms with Gasteiger partial charge in [-0.05, 0) is 70.9 Å². The van der Waals surface area contributed by atoms with Crippen molar-refractivity contribution in [1.29, 1.82) is 0 Å². The summed E-state index contributed by atoms with van der Waals surface area (Å²) in [6.07, 6.45) is 2.14. The van der Waals surface area contributed by atoms with Gasteiger partial charge in [0.25, 0.3) is 5.91 Å². The first-order chi connectivity index (χ1) is 17.5. The van der Waals surface area contributed by atoms with Crippen molar-refractivity contribution in [2.75, 3.05) is 33.9 Å². The highest BCUT2D eigenvalue weighted by molar-refractivity contribution is 6.28. The summed E-state index contributed by atoms with van der Waals surface area (Å²) in [5, 5.41) is 47.1. The van der Waals surface area contributed by atoms with Gasteiger partial charge in [-0.3, -0.25) is 24.2 Å². The van der Waals surface area contributed by atoms with Crippen LogP contribution in [0, 0.1) is 17.8 Å². The number of hydrogen-bond donors (Lipinski definition) is 5. The lowest BCUT2D eigenvalue weighted by Gasteiger charge is -2.50. The number of phenolic OH excluding ortho intramolecular Hbond substituents is 1. The number of likely N-dealkylation sites (N-methyl/N-ethyl adjacent to an activating group) is 1. The van der Waals surface area contributed by atoms with Crippen molar-refractivity contribution < 1.29 is 34.8 Å². The average Bonchev–Trinajstić information content (AvgIpc) is 3.34. The molecule has 3 aliphatic carbocycles. The van der Waals surface area contributed by atoms with Crippen LogP contribution in [0.5, 0.6) is 5.75 Å². The standard InChI is InChI=1S/C27H33N3O7/c1-27(37)14-7-6-8-16(31)18(14)24(34)19-15(27)11-13-17(22(19)32)23(33)20(25(35)21(13)29(2)3)26(36)28-12-30-9-4-5-10-30/h6-8,13,15,17,21,31,34-35,37H,4-5,9-12H2,1-3H3,(H,28,36)/t13?,15?,17?,21-,27+/m0/s1. The summed E-state index contributed by atoms with van der Waals surface area (Å²) in [7, 11) is 3.38. The number of carbonyl (C=O) groups excluding carboxylic acids is 3. The number of nitrogens with zero attached hydrogens (tertiary/aromatic N) is 2. The lowest BCUT2D eigenvalue weighted by Crippen LogP contribution is -2.58. The third kappa shape index (κ3) is 3.77. The van der Waals surface area contributed by atoms with E-state index in [-0.39, 0.29) is 35.5 Å². The fraction of sp³-hybridized carbons (Fsp3) is 0.519. The van der Waals surface area contributed by atoms with E-state index >= 15 is 0 Å². The Balaban J connectivity index is 1.58. The molecular weight excluding hydrogens is 478 g/mol. The smallest absolute Gasteiger partial charge is 0.259 e. The van der Waals surface area contributed by atoms with E-state index in [0.717, 1.165) is 25.9 Å². The highest BCUT2D eigenvalue weighted by Gasteiger charge is 2.59. The minimum atomic E-state index is -1.64. The fourth-order valence-corrected chi connectivity index (χ4v) is 6.71. The molecule has 1 aromatic carbocycles. The van der Waals surface area contributed by atoms with Gasteiger partial charge >= 0.3 is 0 Å². The zero-order chi connectivity index (χ0) is 26.8. The van der Waals surface area contributed by atoms with Gasteiger partial charge in [-0.2, -0.15) is 0 Å². The molecule has 4 aliphatic rings. The summed E-state index contributed by atoms with van der Waals surface area (Å²) in [5.74, 6) is -6.36. The molecule has 5 atom stereocenters. The van der Waals surface area contributed by atoms with Crippen molar-refractivity contribution in [2.45, 2.75) is 37.8 Å². The highest BCUT2D eigenvalue weighted by atomic mass is 16.3. The summed E-state index contributed by atoms with van der Waals surface area (Å²) in [6, 6.07) is 3.64. The molecule has 3 unspecified atom stereocenters. The molecule has 37 heavy (non-hydrogen) atoms. The van der Waals surface area contributed by atoms with Crippen LogP contribution in [0.1, 0.15) is 37.3 Å². The van der Waals surface area contributed by atoms with Crippen molar-refractivity contribution >= 4 is 23.2 Å². The molecule has 0 spiro atoms. The second kappa shape index (κ2) is 8.97. The number of Topliss-reactive ketones (excluding diaryl/α,β-unsaturated/α-hetero) is 2. The quantitative estimate of drug-likeness (QED) is 0.297. The van der Waals surface area contributed by atoms with Gasteiger partial charge in [0.05, 0.1) is 29.8 Å². The minimum Gasteiger partial charge on any atom is -0.510 e. The van der Waals surface area contributed by atoms with Gasteiger partial charge in [0.15, 0.2) is 11.6 Å².